The number of carbonyl (C=O) groups is 1. The minimum atomic E-state index is -0.104. The van der Waals surface area contributed by atoms with Crippen molar-refractivity contribution in [1.29, 1.82) is 0 Å². The second-order valence-electron chi connectivity index (χ2n) is 7.49. The van der Waals surface area contributed by atoms with Crippen molar-refractivity contribution in [3.8, 4) is 0 Å². The van der Waals surface area contributed by atoms with E-state index in [1.807, 2.05) is 18.0 Å². The Balaban J connectivity index is 1.52. The number of aryl methyl sites for hydroxylation is 1. The summed E-state index contributed by atoms with van der Waals surface area (Å²) in [7, 11) is 3.59. The number of pyridine rings is 1. The summed E-state index contributed by atoms with van der Waals surface area (Å²) < 4.78 is 1.49. The molecule has 4 rings (SSSR count). The molecule has 2 aromatic rings. The molecular weight excluding hydrogens is 316 g/mol. The van der Waals surface area contributed by atoms with Crippen LogP contribution in [0.2, 0.25) is 0 Å². The van der Waals surface area contributed by atoms with Crippen molar-refractivity contribution in [2.75, 3.05) is 20.1 Å². The Bertz CT molecular complexity index is 841. The summed E-state index contributed by atoms with van der Waals surface area (Å²) in [6.07, 6.45) is 9.48. The first-order chi connectivity index (χ1) is 12.1. The molecule has 1 aliphatic heterocycles. The molecule has 0 spiro atoms. The Morgan fingerprint density at radius 3 is 2.60 bits per heavy atom. The standard InChI is InChI=1S/C19H26N4O2/c1-21-12-16(15-6-9-20-17(15)19(21)25)18(24)22(2)13-7-10-23(11-8-13)14-4-3-5-14/h6,9,12-14,20H,3-5,7-8,10-11H2,1-2H3. The predicted octanol–water partition coefficient (Wildman–Crippen LogP) is 1.96. The van der Waals surface area contributed by atoms with Gasteiger partial charge < -0.3 is 19.4 Å². The Labute approximate surface area is 147 Å². The largest absolute Gasteiger partial charge is 0.357 e. The van der Waals surface area contributed by atoms with E-state index >= 15 is 0 Å². The Hall–Kier alpha value is -2.08. The zero-order chi connectivity index (χ0) is 17.6. The van der Waals surface area contributed by atoms with E-state index in [-0.39, 0.29) is 17.5 Å². The molecule has 6 heteroatoms. The first-order valence-electron chi connectivity index (χ1n) is 9.24. The van der Waals surface area contributed by atoms with E-state index in [2.05, 4.69) is 9.88 Å². The van der Waals surface area contributed by atoms with Gasteiger partial charge in [-0.1, -0.05) is 6.42 Å². The number of hydrogen-bond acceptors (Lipinski definition) is 3. The van der Waals surface area contributed by atoms with E-state index in [4.69, 9.17) is 0 Å². The van der Waals surface area contributed by atoms with Crippen molar-refractivity contribution in [3.63, 3.8) is 0 Å². The van der Waals surface area contributed by atoms with E-state index in [1.54, 1.807) is 19.4 Å². The molecule has 1 saturated carbocycles. The maximum atomic E-state index is 13.1. The van der Waals surface area contributed by atoms with Gasteiger partial charge in [-0.25, -0.2) is 0 Å². The van der Waals surface area contributed by atoms with Crippen molar-refractivity contribution in [2.24, 2.45) is 7.05 Å². The SMILES string of the molecule is CN(C(=O)c1cn(C)c(=O)c2[nH]ccc12)C1CCN(C2CCC2)CC1. The molecule has 0 unspecified atom stereocenters. The topological polar surface area (TPSA) is 61.3 Å². The molecule has 2 fully saturated rings. The summed E-state index contributed by atoms with van der Waals surface area (Å²) in [6.45, 7) is 2.17. The lowest BCUT2D eigenvalue weighted by molar-refractivity contribution is 0.0500. The van der Waals surface area contributed by atoms with Crippen LogP contribution in [-0.4, -0.2) is 57.5 Å². The summed E-state index contributed by atoms with van der Waals surface area (Å²) in [6, 6.07) is 2.87. The minimum absolute atomic E-state index is 0.00212. The molecule has 134 valence electrons. The zero-order valence-corrected chi connectivity index (χ0v) is 15.0. The summed E-state index contributed by atoms with van der Waals surface area (Å²) >= 11 is 0. The molecule has 3 heterocycles. The highest BCUT2D eigenvalue weighted by molar-refractivity contribution is 6.05. The molecule has 0 aromatic carbocycles. The van der Waals surface area contributed by atoms with Crippen molar-refractivity contribution in [3.05, 3.63) is 34.4 Å². The van der Waals surface area contributed by atoms with Crippen molar-refractivity contribution in [2.45, 2.75) is 44.2 Å². The fraction of sp³-hybridized carbons (Fsp3) is 0.579. The summed E-state index contributed by atoms with van der Waals surface area (Å²) in [5.74, 6) is 0.00212. The van der Waals surface area contributed by atoms with Gasteiger partial charge in [0.25, 0.3) is 11.5 Å². The molecule has 0 bridgehead atoms. The van der Waals surface area contributed by atoms with Crippen molar-refractivity contribution >= 4 is 16.8 Å². The lowest BCUT2D eigenvalue weighted by atomic mass is 9.89. The fourth-order valence-corrected chi connectivity index (χ4v) is 4.19. The zero-order valence-electron chi connectivity index (χ0n) is 15.0. The van der Waals surface area contributed by atoms with Gasteiger partial charge >= 0.3 is 0 Å². The third kappa shape index (κ3) is 2.78. The highest BCUT2D eigenvalue weighted by Crippen LogP contribution is 2.29. The van der Waals surface area contributed by atoms with Gasteiger partial charge in [-0.3, -0.25) is 9.59 Å². The monoisotopic (exact) mass is 342 g/mol. The molecule has 2 aliphatic rings. The summed E-state index contributed by atoms with van der Waals surface area (Å²) in [5.41, 5.74) is 0.997. The third-order valence-corrected chi connectivity index (χ3v) is 6.08. The van der Waals surface area contributed by atoms with Gasteiger partial charge in [0, 0.05) is 57.0 Å². The molecular formula is C19H26N4O2. The molecule has 6 nitrogen and oxygen atoms in total. The van der Waals surface area contributed by atoms with Crippen molar-refractivity contribution < 1.29 is 4.79 Å². The number of piperidine rings is 1. The Morgan fingerprint density at radius 2 is 1.96 bits per heavy atom. The van der Waals surface area contributed by atoms with Crippen LogP contribution in [0.4, 0.5) is 0 Å². The molecule has 1 aliphatic carbocycles. The average molecular weight is 342 g/mol. The van der Waals surface area contributed by atoms with E-state index in [0.717, 1.165) is 32.0 Å². The van der Waals surface area contributed by atoms with E-state index in [9.17, 15) is 9.59 Å². The fourth-order valence-electron chi connectivity index (χ4n) is 4.19. The van der Waals surface area contributed by atoms with E-state index < -0.39 is 0 Å². The maximum Gasteiger partial charge on any atom is 0.274 e. The van der Waals surface area contributed by atoms with Crippen LogP contribution in [0.1, 0.15) is 42.5 Å². The van der Waals surface area contributed by atoms with Crippen LogP contribution >= 0.6 is 0 Å². The number of fused-ring (bicyclic) bond motifs is 1. The number of likely N-dealkylation sites (tertiary alicyclic amines) is 1. The molecule has 2 aromatic heterocycles. The average Bonchev–Trinajstić information content (AvgIpc) is 3.06. The quantitative estimate of drug-likeness (QED) is 0.927. The van der Waals surface area contributed by atoms with Crippen LogP contribution in [0.3, 0.4) is 0 Å². The Morgan fingerprint density at radius 1 is 1.24 bits per heavy atom. The highest BCUT2D eigenvalue weighted by atomic mass is 16.2. The molecule has 1 N–H and O–H groups in total. The number of rotatable bonds is 3. The lowest BCUT2D eigenvalue weighted by Crippen LogP contribution is -2.50. The first-order valence-corrected chi connectivity index (χ1v) is 9.24. The van der Waals surface area contributed by atoms with Crippen LogP contribution in [-0.2, 0) is 7.05 Å². The highest BCUT2D eigenvalue weighted by Gasteiger charge is 2.32. The predicted molar refractivity (Wildman–Crippen MR) is 97.9 cm³/mol. The van der Waals surface area contributed by atoms with Crippen LogP contribution < -0.4 is 5.56 Å². The van der Waals surface area contributed by atoms with Gasteiger partial charge in [0.05, 0.1) is 5.56 Å². The molecule has 25 heavy (non-hydrogen) atoms. The number of nitrogens with one attached hydrogen (secondary N) is 1. The van der Waals surface area contributed by atoms with Gasteiger partial charge in [-0.15, -0.1) is 0 Å². The van der Waals surface area contributed by atoms with Gasteiger partial charge in [0.15, 0.2) is 0 Å². The number of aromatic amines is 1. The first kappa shape index (κ1) is 16.4. The van der Waals surface area contributed by atoms with Crippen LogP contribution in [0.5, 0.6) is 0 Å². The number of H-pyrrole nitrogens is 1. The van der Waals surface area contributed by atoms with Crippen LogP contribution in [0.15, 0.2) is 23.3 Å². The number of nitrogens with zero attached hydrogens (tertiary/aromatic N) is 3. The third-order valence-electron chi connectivity index (χ3n) is 6.08. The molecule has 1 amide bonds. The van der Waals surface area contributed by atoms with Crippen LogP contribution in [0, 0.1) is 0 Å². The normalized spacial score (nSPS) is 19.9. The van der Waals surface area contributed by atoms with E-state index in [0.29, 0.717) is 16.5 Å². The Kier molecular flexibility index (Phi) is 4.15. The molecule has 0 atom stereocenters. The number of hydrogen-bond donors (Lipinski definition) is 1. The molecule has 1 saturated heterocycles. The number of amides is 1. The van der Waals surface area contributed by atoms with Gasteiger partial charge in [0.1, 0.15) is 5.52 Å². The number of carbonyl (C=O) groups excluding carboxylic acids is 1. The minimum Gasteiger partial charge on any atom is -0.357 e. The van der Waals surface area contributed by atoms with Gasteiger partial charge in [-0.05, 0) is 31.7 Å². The van der Waals surface area contributed by atoms with Gasteiger partial charge in [-0.2, -0.15) is 0 Å². The van der Waals surface area contributed by atoms with Gasteiger partial charge in [0.2, 0.25) is 0 Å². The lowest BCUT2D eigenvalue weighted by Gasteiger charge is -2.43. The second kappa shape index (κ2) is 6.33. The second-order valence-corrected chi connectivity index (χ2v) is 7.49. The van der Waals surface area contributed by atoms with Crippen molar-refractivity contribution in [1.82, 2.24) is 19.4 Å². The summed E-state index contributed by atoms with van der Waals surface area (Å²) in [5, 5.41) is 0.715. The summed E-state index contributed by atoms with van der Waals surface area (Å²) in [4.78, 5) is 32.7. The molecule has 0 radical (unpaired) electrons. The maximum absolute atomic E-state index is 13.1. The smallest absolute Gasteiger partial charge is 0.274 e. The van der Waals surface area contributed by atoms with Crippen LogP contribution in [0.25, 0.3) is 10.9 Å². The van der Waals surface area contributed by atoms with E-state index in [1.165, 1.54) is 23.8 Å². The number of aromatic nitrogens is 2.